The van der Waals surface area contributed by atoms with Gasteiger partial charge in [-0.15, -0.1) is 11.3 Å². The number of H-pyrrole nitrogens is 1. The van der Waals surface area contributed by atoms with Crippen LogP contribution >= 0.6 is 11.3 Å². The molecule has 8 nitrogen and oxygen atoms in total. The second kappa shape index (κ2) is 10.1. The lowest BCUT2D eigenvalue weighted by atomic mass is 9.86. The number of anilines is 2. The van der Waals surface area contributed by atoms with Gasteiger partial charge < -0.3 is 15.0 Å². The van der Waals surface area contributed by atoms with Gasteiger partial charge in [-0.25, -0.2) is 9.97 Å². The molecule has 9 heteroatoms. The first-order valence-corrected chi connectivity index (χ1v) is 12.4. The quantitative estimate of drug-likeness (QED) is 0.554. The third-order valence-corrected chi connectivity index (χ3v) is 6.68. The van der Waals surface area contributed by atoms with Crippen LogP contribution in [0.4, 0.5) is 11.1 Å². The fourth-order valence-corrected chi connectivity index (χ4v) is 4.58. The molecule has 0 saturated carbocycles. The maximum Gasteiger partial charge on any atom is 0.255 e. The number of carbonyl (C=O) groups excluding carboxylic acids is 1. The molecule has 0 spiro atoms. The Labute approximate surface area is 203 Å². The summed E-state index contributed by atoms with van der Waals surface area (Å²) < 4.78 is 5.35. The number of nitrogens with one attached hydrogen (secondary N) is 2. The van der Waals surface area contributed by atoms with Gasteiger partial charge in [-0.2, -0.15) is 0 Å². The molecule has 1 saturated heterocycles. The van der Waals surface area contributed by atoms with E-state index in [9.17, 15) is 9.59 Å². The zero-order valence-corrected chi connectivity index (χ0v) is 20.9. The molecule has 0 bridgehead atoms. The smallest absolute Gasteiger partial charge is 0.255 e. The van der Waals surface area contributed by atoms with Crippen LogP contribution in [0, 0.1) is 6.92 Å². The van der Waals surface area contributed by atoms with Crippen molar-refractivity contribution in [3.63, 3.8) is 0 Å². The number of rotatable bonds is 6. The van der Waals surface area contributed by atoms with Crippen molar-refractivity contribution in [1.29, 1.82) is 0 Å². The highest BCUT2D eigenvalue weighted by molar-refractivity contribution is 7.14. The summed E-state index contributed by atoms with van der Waals surface area (Å²) in [4.78, 5) is 39.1. The van der Waals surface area contributed by atoms with Crippen molar-refractivity contribution in [3.05, 3.63) is 56.8 Å². The molecule has 34 heavy (non-hydrogen) atoms. The fraction of sp³-hybridized carbons (Fsp3) is 0.440. The molecule has 1 aliphatic rings. The number of nitrogens with zero attached hydrogens (tertiary/aromatic N) is 3. The molecular weight excluding hydrogens is 450 g/mol. The molecule has 2 N–H and O–H groups in total. The highest BCUT2D eigenvalue weighted by Crippen LogP contribution is 2.28. The lowest BCUT2D eigenvalue weighted by molar-refractivity contribution is -0.116. The summed E-state index contributed by atoms with van der Waals surface area (Å²) in [6.07, 6.45) is 0.494. The number of ether oxygens (including phenoxy) is 1. The van der Waals surface area contributed by atoms with E-state index >= 15 is 0 Å². The third kappa shape index (κ3) is 5.71. The Morgan fingerprint density at radius 3 is 2.53 bits per heavy atom. The fourth-order valence-electron chi connectivity index (χ4n) is 3.84. The van der Waals surface area contributed by atoms with Crippen LogP contribution in [0.25, 0.3) is 11.3 Å². The van der Waals surface area contributed by atoms with Gasteiger partial charge in [0, 0.05) is 41.7 Å². The van der Waals surface area contributed by atoms with Gasteiger partial charge in [0.25, 0.3) is 5.56 Å². The van der Waals surface area contributed by atoms with Crippen LogP contribution in [-0.4, -0.2) is 47.2 Å². The molecule has 0 unspecified atom stereocenters. The van der Waals surface area contributed by atoms with Gasteiger partial charge in [0.15, 0.2) is 5.13 Å². The molecule has 1 amide bonds. The Hall–Kier alpha value is -3.04. The molecule has 180 valence electrons. The van der Waals surface area contributed by atoms with E-state index in [1.807, 2.05) is 17.2 Å². The van der Waals surface area contributed by atoms with E-state index in [0.29, 0.717) is 55.1 Å². The lowest BCUT2D eigenvalue weighted by Crippen LogP contribution is -2.38. The molecule has 3 heterocycles. The summed E-state index contributed by atoms with van der Waals surface area (Å²) in [6, 6.07) is 8.35. The van der Waals surface area contributed by atoms with E-state index in [1.54, 1.807) is 0 Å². The Balaban J connectivity index is 1.36. The molecule has 1 fully saturated rings. The number of hydrogen-bond donors (Lipinski definition) is 2. The van der Waals surface area contributed by atoms with Gasteiger partial charge in [0.1, 0.15) is 0 Å². The molecule has 0 atom stereocenters. The molecule has 0 radical (unpaired) electrons. The minimum absolute atomic E-state index is 0.0954. The van der Waals surface area contributed by atoms with Crippen LogP contribution in [0.2, 0.25) is 0 Å². The molecule has 1 aromatic carbocycles. The zero-order valence-electron chi connectivity index (χ0n) is 20.1. The number of carbonyl (C=O) groups is 1. The normalized spacial score (nSPS) is 14.3. The van der Waals surface area contributed by atoms with Crippen molar-refractivity contribution in [2.75, 3.05) is 36.5 Å². The van der Waals surface area contributed by atoms with Crippen LogP contribution < -0.4 is 15.8 Å². The highest BCUT2D eigenvalue weighted by Gasteiger charge is 2.18. The second-order valence-corrected chi connectivity index (χ2v) is 10.3. The van der Waals surface area contributed by atoms with Crippen molar-refractivity contribution in [2.24, 2.45) is 0 Å². The molecule has 4 rings (SSSR count). The number of amides is 1. The average molecular weight is 482 g/mol. The second-order valence-electron chi connectivity index (χ2n) is 9.47. The largest absolute Gasteiger partial charge is 0.378 e. The van der Waals surface area contributed by atoms with E-state index in [-0.39, 0.29) is 23.3 Å². The van der Waals surface area contributed by atoms with Crippen LogP contribution in [0.3, 0.4) is 0 Å². The first-order valence-electron chi connectivity index (χ1n) is 11.5. The number of morpholine rings is 1. The Bertz CT molecular complexity index is 1200. The zero-order chi connectivity index (χ0) is 24.3. The van der Waals surface area contributed by atoms with Gasteiger partial charge in [-0.3, -0.25) is 14.6 Å². The maximum absolute atomic E-state index is 12.6. The van der Waals surface area contributed by atoms with Crippen LogP contribution in [0.5, 0.6) is 0 Å². The number of aryl methyl sites for hydroxylation is 1. The van der Waals surface area contributed by atoms with Crippen molar-refractivity contribution < 1.29 is 9.53 Å². The number of hydrogen-bond acceptors (Lipinski definition) is 7. The summed E-state index contributed by atoms with van der Waals surface area (Å²) in [7, 11) is 0. The van der Waals surface area contributed by atoms with Crippen LogP contribution in [-0.2, 0) is 21.4 Å². The SMILES string of the molecule is Cc1nc(N2CCOCC2)[nH]c(=O)c1CCC(=O)Nc1nc(-c2ccc(C(C)(C)C)cc2)cs1. The average Bonchev–Trinajstić information content (AvgIpc) is 3.27. The van der Waals surface area contributed by atoms with Gasteiger partial charge in [-0.1, -0.05) is 45.0 Å². The van der Waals surface area contributed by atoms with Crippen molar-refractivity contribution in [1.82, 2.24) is 15.0 Å². The van der Waals surface area contributed by atoms with E-state index in [0.717, 1.165) is 11.3 Å². The van der Waals surface area contributed by atoms with Gasteiger partial charge in [-0.05, 0) is 24.3 Å². The molecular formula is C25H31N5O3S. The molecule has 1 aliphatic heterocycles. The molecule has 3 aromatic rings. The van der Waals surface area contributed by atoms with E-state index in [1.165, 1.54) is 16.9 Å². The maximum atomic E-state index is 12.6. The van der Waals surface area contributed by atoms with Crippen LogP contribution in [0.15, 0.2) is 34.4 Å². The van der Waals surface area contributed by atoms with Gasteiger partial charge >= 0.3 is 0 Å². The van der Waals surface area contributed by atoms with E-state index in [4.69, 9.17) is 4.74 Å². The van der Waals surface area contributed by atoms with Crippen molar-refractivity contribution >= 4 is 28.3 Å². The topological polar surface area (TPSA) is 100 Å². The van der Waals surface area contributed by atoms with Gasteiger partial charge in [0.05, 0.1) is 18.9 Å². The molecule has 2 aromatic heterocycles. The standard InChI is InChI=1S/C25H31N5O3S/c1-16-19(22(32)29-23(26-16)30-11-13-33-14-12-30)9-10-21(31)28-24-27-20(15-34-24)17-5-7-18(8-6-17)25(2,3)4/h5-8,15H,9-14H2,1-4H3,(H,26,29,32)(H,27,28,31). The Morgan fingerprint density at radius 2 is 1.88 bits per heavy atom. The summed E-state index contributed by atoms with van der Waals surface area (Å²) in [5.74, 6) is 0.380. The van der Waals surface area contributed by atoms with Crippen molar-refractivity contribution in [2.45, 2.75) is 46.0 Å². The van der Waals surface area contributed by atoms with E-state index < -0.39 is 0 Å². The van der Waals surface area contributed by atoms with E-state index in [2.05, 4.69) is 65.3 Å². The molecule has 0 aliphatic carbocycles. The minimum Gasteiger partial charge on any atom is -0.378 e. The number of thiazole rings is 1. The van der Waals surface area contributed by atoms with Crippen LogP contribution in [0.1, 0.15) is 44.0 Å². The Kier molecular flexibility index (Phi) is 7.13. The first kappa shape index (κ1) is 24.1. The first-order chi connectivity index (χ1) is 16.2. The Morgan fingerprint density at radius 1 is 1.18 bits per heavy atom. The summed E-state index contributed by atoms with van der Waals surface area (Å²) in [6.45, 7) is 11.0. The summed E-state index contributed by atoms with van der Waals surface area (Å²) in [5.41, 5.74) is 4.18. The van der Waals surface area contributed by atoms with Crippen molar-refractivity contribution in [3.8, 4) is 11.3 Å². The minimum atomic E-state index is -0.197. The monoisotopic (exact) mass is 481 g/mol. The summed E-state index contributed by atoms with van der Waals surface area (Å²) >= 11 is 1.39. The predicted octanol–water partition coefficient (Wildman–Crippen LogP) is 3.91. The number of aromatic nitrogens is 3. The predicted molar refractivity (Wildman–Crippen MR) is 136 cm³/mol. The summed E-state index contributed by atoms with van der Waals surface area (Å²) in [5, 5.41) is 5.34. The number of benzene rings is 1. The van der Waals surface area contributed by atoms with Gasteiger partial charge in [0.2, 0.25) is 11.9 Å². The number of aromatic amines is 1. The lowest BCUT2D eigenvalue weighted by Gasteiger charge is -2.27. The highest BCUT2D eigenvalue weighted by atomic mass is 32.1. The third-order valence-electron chi connectivity index (χ3n) is 5.92.